The molecule has 0 aromatic carbocycles. The van der Waals surface area contributed by atoms with Gasteiger partial charge in [-0.3, -0.25) is 0 Å². The summed E-state index contributed by atoms with van der Waals surface area (Å²) in [6, 6.07) is 3.12. The van der Waals surface area contributed by atoms with E-state index in [1.54, 1.807) is 10.4 Å². The molecule has 1 N–H and O–H groups in total. The van der Waals surface area contributed by atoms with Crippen LogP contribution in [0.25, 0.3) is 0 Å². The van der Waals surface area contributed by atoms with E-state index in [0.29, 0.717) is 6.04 Å². The molecule has 1 heterocycles. The van der Waals surface area contributed by atoms with E-state index in [-0.39, 0.29) is 0 Å². The quantitative estimate of drug-likeness (QED) is 0.788. The summed E-state index contributed by atoms with van der Waals surface area (Å²) < 4.78 is 0. The Balaban J connectivity index is 1.79. The van der Waals surface area contributed by atoms with Crippen molar-refractivity contribution in [2.45, 2.75) is 69.7 Å². The molecule has 0 radical (unpaired) electrons. The summed E-state index contributed by atoms with van der Waals surface area (Å²) in [6.07, 6.45) is 12.8. The molecule has 0 spiro atoms. The number of nitrogens with one attached hydrogen (secondary N) is 1. The maximum absolute atomic E-state index is 3.70. The van der Waals surface area contributed by atoms with Crippen LogP contribution < -0.4 is 5.32 Å². The summed E-state index contributed by atoms with van der Waals surface area (Å²) in [6.45, 7) is 0. The van der Waals surface area contributed by atoms with E-state index in [1.165, 1.54) is 57.8 Å². The molecule has 2 unspecified atom stereocenters. The number of hydrogen-bond donors (Lipinski definition) is 1. The van der Waals surface area contributed by atoms with Gasteiger partial charge in [0.15, 0.2) is 0 Å². The highest BCUT2D eigenvalue weighted by Crippen LogP contribution is 2.41. The fourth-order valence-corrected chi connectivity index (χ4v) is 5.33. The third-order valence-corrected chi connectivity index (χ3v) is 6.27. The highest BCUT2D eigenvalue weighted by Gasteiger charge is 2.32. The molecule has 3 rings (SSSR count). The molecule has 19 heavy (non-hydrogen) atoms. The van der Waals surface area contributed by atoms with E-state index >= 15 is 0 Å². The second kappa shape index (κ2) is 6.41. The molecule has 106 valence electrons. The molecular formula is C17H27NS. The van der Waals surface area contributed by atoms with Gasteiger partial charge in [0.25, 0.3) is 0 Å². The highest BCUT2D eigenvalue weighted by atomic mass is 32.1. The van der Waals surface area contributed by atoms with E-state index in [4.69, 9.17) is 0 Å². The molecule has 1 aromatic heterocycles. The average Bonchev–Trinajstić information content (AvgIpc) is 2.76. The predicted molar refractivity (Wildman–Crippen MR) is 84.0 cm³/mol. The van der Waals surface area contributed by atoms with Gasteiger partial charge in [-0.05, 0) is 62.1 Å². The third kappa shape index (κ3) is 2.90. The lowest BCUT2D eigenvalue weighted by atomic mass is 9.75. The van der Waals surface area contributed by atoms with Gasteiger partial charge in [-0.25, -0.2) is 0 Å². The Bertz CT molecular complexity index is 390. The lowest BCUT2D eigenvalue weighted by Gasteiger charge is -2.36. The van der Waals surface area contributed by atoms with Crippen molar-refractivity contribution < 1.29 is 0 Å². The van der Waals surface area contributed by atoms with Crippen molar-refractivity contribution in [2.24, 2.45) is 5.92 Å². The van der Waals surface area contributed by atoms with Crippen LogP contribution in [0.2, 0.25) is 0 Å². The Morgan fingerprint density at radius 2 is 1.89 bits per heavy atom. The molecule has 2 heteroatoms. The van der Waals surface area contributed by atoms with Crippen LogP contribution in [0.4, 0.5) is 0 Å². The van der Waals surface area contributed by atoms with Crippen molar-refractivity contribution in [1.29, 1.82) is 0 Å². The lowest BCUT2D eigenvalue weighted by Crippen LogP contribution is -2.40. The van der Waals surface area contributed by atoms with Crippen LogP contribution in [0.15, 0.2) is 11.4 Å². The van der Waals surface area contributed by atoms with Gasteiger partial charge in [-0.1, -0.05) is 25.7 Å². The molecule has 1 fully saturated rings. The molecule has 2 atom stereocenters. The largest absolute Gasteiger partial charge is 0.316 e. The first-order valence-electron chi connectivity index (χ1n) is 8.13. The van der Waals surface area contributed by atoms with Gasteiger partial charge in [0.2, 0.25) is 0 Å². The second-order valence-corrected chi connectivity index (χ2v) is 7.36. The molecule has 2 aliphatic carbocycles. The number of likely N-dealkylation sites (N-methyl/N-ethyl adjacent to an activating group) is 1. The lowest BCUT2D eigenvalue weighted by molar-refractivity contribution is 0.276. The van der Waals surface area contributed by atoms with Crippen molar-refractivity contribution >= 4 is 11.3 Å². The van der Waals surface area contributed by atoms with Gasteiger partial charge >= 0.3 is 0 Å². The SMILES string of the molecule is CNC(C1CCCCCC1)C1CCCc2sccc21. The van der Waals surface area contributed by atoms with Gasteiger partial charge < -0.3 is 5.32 Å². The van der Waals surface area contributed by atoms with Gasteiger partial charge in [-0.15, -0.1) is 11.3 Å². The van der Waals surface area contributed by atoms with Gasteiger partial charge in [0.05, 0.1) is 0 Å². The highest BCUT2D eigenvalue weighted by molar-refractivity contribution is 7.10. The number of rotatable bonds is 3. The van der Waals surface area contributed by atoms with Crippen molar-refractivity contribution in [2.75, 3.05) is 7.05 Å². The molecule has 2 aliphatic rings. The summed E-state index contributed by atoms with van der Waals surface area (Å²) >= 11 is 1.98. The van der Waals surface area contributed by atoms with Crippen LogP contribution in [0.1, 0.15) is 67.7 Å². The minimum Gasteiger partial charge on any atom is -0.316 e. The first kappa shape index (κ1) is 13.6. The Morgan fingerprint density at radius 1 is 1.11 bits per heavy atom. The van der Waals surface area contributed by atoms with E-state index < -0.39 is 0 Å². The van der Waals surface area contributed by atoms with Crippen molar-refractivity contribution in [1.82, 2.24) is 5.32 Å². The monoisotopic (exact) mass is 277 g/mol. The van der Waals surface area contributed by atoms with Crippen LogP contribution in [-0.2, 0) is 6.42 Å². The third-order valence-electron chi connectivity index (χ3n) is 5.27. The van der Waals surface area contributed by atoms with Crippen LogP contribution in [0.5, 0.6) is 0 Å². The van der Waals surface area contributed by atoms with Crippen molar-refractivity contribution in [3.63, 3.8) is 0 Å². The summed E-state index contributed by atoms with van der Waals surface area (Å²) in [4.78, 5) is 1.67. The molecule has 1 saturated carbocycles. The van der Waals surface area contributed by atoms with Gasteiger partial charge in [0, 0.05) is 16.8 Å². The van der Waals surface area contributed by atoms with Gasteiger partial charge in [-0.2, -0.15) is 0 Å². The van der Waals surface area contributed by atoms with Crippen molar-refractivity contribution in [3.8, 4) is 0 Å². The zero-order valence-electron chi connectivity index (χ0n) is 12.2. The molecule has 0 aliphatic heterocycles. The zero-order chi connectivity index (χ0) is 13.1. The van der Waals surface area contributed by atoms with Gasteiger partial charge in [0.1, 0.15) is 0 Å². The molecule has 0 amide bonds. The van der Waals surface area contributed by atoms with Crippen molar-refractivity contribution in [3.05, 3.63) is 21.9 Å². The first-order valence-corrected chi connectivity index (χ1v) is 9.01. The number of fused-ring (bicyclic) bond motifs is 1. The molecular weight excluding hydrogens is 250 g/mol. The standard InChI is InChI=1S/C17H27NS/c1-18-17(13-7-4-2-3-5-8-13)15-9-6-10-16-14(15)11-12-19-16/h11-13,15,17-18H,2-10H2,1H3. The second-order valence-electron chi connectivity index (χ2n) is 6.36. The van der Waals surface area contributed by atoms with E-state index in [9.17, 15) is 0 Å². The average molecular weight is 277 g/mol. The minimum atomic E-state index is 0.715. The number of aryl methyl sites for hydroxylation is 1. The summed E-state index contributed by atoms with van der Waals surface area (Å²) in [5, 5.41) is 6.01. The normalized spacial score (nSPS) is 26.7. The maximum atomic E-state index is 3.70. The predicted octanol–water partition coefficient (Wildman–Crippen LogP) is 4.73. The molecule has 0 bridgehead atoms. The van der Waals surface area contributed by atoms with E-state index in [0.717, 1.165) is 11.8 Å². The van der Waals surface area contributed by atoms with Crippen LogP contribution in [0.3, 0.4) is 0 Å². The smallest absolute Gasteiger partial charge is 0.0161 e. The molecule has 1 aromatic rings. The Morgan fingerprint density at radius 3 is 2.63 bits per heavy atom. The number of hydrogen-bond acceptors (Lipinski definition) is 2. The summed E-state index contributed by atoms with van der Waals surface area (Å²) in [5.41, 5.74) is 1.68. The zero-order valence-corrected chi connectivity index (χ0v) is 13.0. The first-order chi connectivity index (χ1) is 9.40. The van der Waals surface area contributed by atoms with E-state index in [2.05, 4.69) is 23.8 Å². The fourth-order valence-electron chi connectivity index (χ4n) is 4.33. The number of thiophene rings is 1. The Labute approximate surface area is 121 Å². The molecule has 1 nitrogen and oxygen atoms in total. The summed E-state index contributed by atoms with van der Waals surface area (Å²) in [5.74, 6) is 1.69. The van der Waals surface area contributed by atoms with E-state index in [1.807, 2.05) is 11.3 Å². The maximum Gasteiger partial charge on any atom is 0.0161 e. The Kier molecular flexibility index (Phi) is 4.60. The summed E-state index contributed by atoms with van der Waals surface area (Å²) in [7, 11) is 2.19. The molecule has 0 saturated heterocycles. The van der Waals surface area contributed by atoms with Crippen LogP contribution in [-0.4, -0.2) is 13.1 Å². The van der Waals surface area contributed by atoms with Crippen LogP contribution in [0, 0.1) is 5.92 Å². The minimum absolute atomic E-state index is 0.715. The fraction of sp³-hybridized carbons (Fsp3) is 0.765. The van der Waals surface area contributed by atoms with Crippen LogP contribution >= 0.6 is 11.3 Å². The Hall–Kier alpha value is -0.340. The topological polar surface area (TPSA) is 12.0 Å².